The van der Waals surface area contributed by atoms with Gasteiger partial charge in [-0.15, -0.1) is 0 Å². The standard InChI is InChI=1S/C25H24ClN3O7/c1-5-36-24(31)18-10-9-16(26)12-19(18)28-23(30)20-13(2)27-14(3)21(25(32)35-4)22(20)15-7-6-8-17(11-15)29(33)34/h6-12,22,27H,5H2,1-4H3,(H,28,30). The van der Waals surface area contributed by atoms with Crippen LogP contribution in [-0.2, 0) is 19.1 Å². The summed E-state index contributed by atoms with van der Waals surface area (Å²) in [6, 6.07) is 10.00. The molecule has 10 nitrogen and oxygen atoms in total. The second-order valence-corrected chi connectivity index (χ2v) is 8.28. The first-order valence-corrected chi connectivity index (χ1v) is 11.3. The van der Waals surface area contributed by atoms with E-state index in [1.807, 2.05) is 0 Å². The van der Waals surface area contributed by atoms with Gasteiger partial charge in [0.1, 0.15) is 0 Å². The van der Waals surface area contributed by atoms with Crippen LogP contribution in [-0.4, -0.2) is 36.5 Å². The monoisotopic (exact) mass is 513 g/mol. The molecule has 1 atom stereocenters. The Morgan fingerprint density at radius 2 is 1.78 bits per heavy atom. The topological polar surface area (TPSA) is 137 Å². The number of benzene rings is 2. The van der Waals surface area contributed by atoms with Gasteiger partial charge in [-0.2, -0.15) is 0 Å². The van der Waals surface area contributed by atoms with Crippen LogP contribution >= 0.6 is 11.6 Å². The number of esters is 2. The highest BCUT2D eigenvalue weighted by Crippen LogP contribution is 2.40. The van der Waals surface area contributed by atoms with E-state index in [0.29, 0.717) is 17.0 Å². The van der Waals surface area contributed by atoms with Gasteiger partial charge in [0.15, 0.2) is 0 Å². The van der Waals surface area contributed by atoms with Crippen LogP contribution in [0.4, 0.5) is 11.4 Å². The number of carbonyl (C=O) groups is 3. The van der Waals surface area contributed by atoms with Crippen molar-refractivity contribution in [1.82, 2.24) is 5.32 Å². The number of allylic oxidation sites excluding steroid dienone is 2. The van der Waals surface area contributed by atoms with E-state index in [0.717, 1.165) is 0 Å². The summed E-state index contributed by atoms with van der Waals surface area (Å²) in [5, 5.41) is 17.4. The van der Waals surface area contributed by atoms with Gasteiger partial charge >= 0.3 is 11.9 Å². The zero-order valence-electron chi connectivity index (χ0n) is 20.0. The van der Waals surface area contributed by atoms with E-state index >= 15 is 0 Å². The molecule has 1 unspecified atom stereocenters. The number of hydrogen-bond acceptors (Lipinski definition) is 8. The molecule has 188 valence electrons. The molecule has 0 fully saturated rings. The Hall–Kier alpha value is -4.18. The summed E-state index contributed by atoms with van der Waals surface area (Å²) in [5.74, 6) is -3.01. The highest BCUT2D eigenvalue weighted by Gasteiger charge is 2.38. The number of rotatable bonds is 7. The van der Waals surface area contributed by atoms with Crippen LogP contribution in [0.15, 0.2) is 65.0 Å². The van der Waals surface area contributed by atoms with E-state index < -0.39 is 28.7 Å². The van der Waals surface area contributed by atoms with Crippen LogP contribution in [0.1, 0.15) is 42.6 Å². The van der Waals surface area contributed by atoms with E-state index in [1.54, 1.807) is 26.8 Å². The zero-order chi connectivity index (χ0) is 26.6. The molecular formula is C25H24ClN3O7. The molecule has 1 aliphatic rings. The number of nitro benzene ring substituents is 1. The van der Waals surface area contributed by atoms with Gasteiger partial charge in [0.2, 0.25) is 0 Å². The molecule has 11 heteroatoms. The van der Waals surface area contributed by atoms with Crippen LogP contribution in [0, 0.1) is 10.1 Å². The van der Waals surface area contributed by atoms with Gasteiger partial charge in [-0.1, -0.05) is 23.7 Å². The first-order valence-electron chi connectivity index (χ1n) is 10.9. The predicted molar refractivity (Wildman–Crippen MR) is 132 cm³/mol. The second kappa shape index (κ2) is 11.0. The quantitative estimate of drug-likeness (QED) is 0.314. The van der Waals surface area contributed by atoms with E-state index in [4.69, 9.17) is 21.1 Å². The van der Waals surface area contributed by atoms with Crippen molar-refractivity contribution in [3.8, 4) is 0 Å². The molecule has 1 amide bonds. The van der Waals surface area contributed by atoms with Crippen molar-refractivity contribution < 1.29 is 28.8 Å². The Labute approximate surface area is 212 Å². The van der Waals surface area contributed by atoms with Gasteiger partial charge < -0.3 is 20.1 Å². The molecule has 0 spiro atoms. The summed E-state index contributed by atoms with van der Waals surface area (Å²) in [4.78, 5) is 49.8. The van der Waals surface area contributed by atoms with Crippen molar-refractivity contribution in [2.45, 2.75) is 26.7 Å². The second-order valence-electron chi connectivity index (χ2n) is 7.84. The SMILES string of the molecule is CCOC(=O)c1ccc(Cl)cc1NC(=O)C1=C(C)NC(C)=C(C(=O)OC)C1c1cccc([N+](=O)[O-])c1. The third-order valence-corrected chi connectivity index (χ3v) is 5.78. The van der Waals surface area contributed by atoms with Crippen LogP contribution in [0.2, 0.25) is 5.02 Å². The highest BCUT2D eigenvalue weighted by molar-refractivity contribution is 6.31. The number of amides is 1. The van der Waals surface area contributed by atoms with Crippen LogP contribution in [0.5, 0.6) is 0 Å². The maximum Gasteiger partial charge on any atom is 0.340 e. The van der Waals surface area contributed by atoms with Crippen molar-refractivity contribution >= 4 is 40.8 Å². The van der Waals surface area contributed by atoms with Crippen LogP contribution < -0.4 is 10.6 Å². The largest absolute Gasteiger partial charge is 0.466 e. The third-order valence-electron chi connectivity index (χ3n) is 5.55. The summed E-state index contributed by atoms with van der Waals surface area (Å²) in [5.41, 5.74) is 1.40. The Morgan fingerprint density at radius 3 is 2.42 bits per heavy atom. The summed E-state index contributed by atoms with van der Waals surface area (Å²) < 4.78 is 10.0. The fourth-order valence-electron chi connectivity index (χ4n) is 4.02. The molecule has 2 aromatic carbocycles. The van der Waals surface area contributed by atoms with Crippen LogP contribution in [0.3, 0.4) is 0 Å². The number of methoxy groups -OCH3 is 1. The van der Waals surface area contributed by atoms with Crippen LogP contribution in [0.25, 0.3) is 0 Å². The molecule has 0 aromatic heterocycles. The number of anilines is 1. The molecule has 1 heterocycles. The Balaban J connectivity index is 2.14. The molecule has 0 aliphatic carbocycles. The molecule has 2 N–H and O–H groups in total. The Bertz CT molecular complexity index is 1320. The minimum Gasteiger partial charge on any atom is -0.466 e. The molecule has 3 rings (SSSR count). The first-order chi connectivity index (χ1) is 17.1. The average molecular weight is 514 g/mol. The molecule has 0 radical (unpaired) electrons. The Morgan fingerprint density at radius 1 is 1.08 bits per heavy atom. The van der Waals surface area contributed by atoms with Crippen molar-refractivity contribution in [2.24, 2.45) is 0 Å². The summed E-state index contributed by atoms with van der Waals surface area (Å²) in [7, 11) is 1.20. The molecule has 2 aromatic rings. The lowest BCUT2D eigenvalue weighted by Crippen LogP contribution is -2.34. The number of ether oxygens (including phenoxy) is 2. The molecule has 0 saturated heterocycles. The Kier molecular flexibility index (Phi) is 8.11. The lowest BCUT2D eigenvalue weighted by Gasteiger charge is -2.30. The minimum atomic E-state index is -0.996. The van der Waals surface area contributed by atoms with E-state index in [1.165, 1.54) is 43.5 Å². The summed E-state index contributed by atoms with van der Waals surface area (Å²) in [6.45, 7) is 5.07. The average Bonchev–Trinajstić information content (AvgIpc) is 2.83. The predicted octanol–water partition coefficient (Wildman–Crippen LogP) is 4.47. The van der Waals surface area contributed by atoms with Crippen molar-refractivity contribution in [1.29, 1.82) is 0 Å². The fourth-order valence-corrected chi connectivity index (χ4v) is 4.20. The third kappa shape index (κ3) is 5.38. The normalized spacial score (nSPS) is 15.2. The zero-order valence-corrected chi connectivity index (χ0v) is 20.8. The number of nitro groups is 1. The maximum absolute atomic E-state index is 13.7. The number of carbonyl (C=O) groups excluding carboxylic acids is 3. The van der Waals surface area contributed by atoms with E-state index in [9.17, 15) is 24.5 Å². The minimum absolute atomic E-state index is 0.0865. The van der Waals surface area contributed by atoms with Gasteiger partial charge in [0, 0.05) is 34.1 Å². The highest BCUT2D eigenvalue weighted by atomic mass is 35.5. The molecule has 1 aliphatic heterocycles. The van der Waals surface area contributed by atoms with Gasteiger partial charge in [-0.05, 0) is 44.5 Å². The van der Waals surface area contributed by atoms with E-state index in [2.05, 4.69) is 10.6 Å². The first kappa shape index (κ1) is 26.4. The van der Waals surface area contributed by atoms with Crippen molar-refractivity contribution in [3.05, 3.63) is 91.3 Å². The summed E-state index contributed by atoms with van der Waals surface area (Å²) in [6.07, 6.45) is 0. The number of non-ortho nitro benzene ring substituents is 1. The molecule has 0 bridgehead atoms. The molecular weight excluding hydrogens is 490 g/mol. The van der Waals surface area contributed by atoms with E-state index in [-0.39, 0.29) is 39.7 Å². The number of nitrogens with zero attached hydrogens (tertiary/aromatic N) is 1. The van der Waals surface area contributed by atoms with Gasteiger partial charge in [-0.25, -0.2) is 9.59 Å². The molecule has 36 heavy (non-hydrogen) atoms. The van der Waals surface area contributed by atoms with Gasteiger partial charge in [-0.3, -0.25) is 14.9 Å². The molecule has 0 saturated carbocycles. The van der Waals surface area contributed by atoms with Gasteiger partial charge in [0.05, 0.1) is 41.4 Å². The lowest BCUT2D eigenvalue weighted by atomic mass is 9.80. The summed E-state index contributed by atoms with van der Waals surface area (Å²) >= 11 is 6.11. The number of halogens is 1. The smallest absolute Gasteiger partial charge is 0.340 e. The fraction of sp³-hybridized carbons (Fsp3) is 0.240. The van der Waals surface area contributed by atoms with Crippen molar-refractivity contribution in [2.75, 3.05) is 19.0 Å². The number of nitrogens with one attached hydrogen (secondary N) is 2. The van der Waals surface area contributed by atoms with Gasteiger partial charge in [0.25, 0.3) is 11.6 Å². The lowest BCUT2D eigenvalue weighted by molar-refractivity contribution is -0.384. The number of hydrogen-bond donors (Lipinski definition) is 2. The van der Waals surface area contributed by atoms with Crippen molar-refractivity contribution in [3.63, 3.8) is 0 Å². The number of dihydropyridines is 1. The maximum atomic E-state index is 13.7.